The van der Waals surface area contributed by atoms with Crippen molar-refractivity contribution in [3.05, 3.63) is 63.2 Å². The Kier molecular flexibility index (Phi) is 5.21. The summed E-state index contributed by atoms with van der Waals surface area (Å²) >= 11 is 2.77. The Bertz CT molecular complexity index is 940. The van der Waals surface area contributed by atoms with Crippen LogP contribution in [0.2, 0.25) is 0 Å². The van der Waals surface area contributed by atoms with Crippen molar-refractivity contribution in [2.75, 3.05) is 5.32 Å². The molecule has 0 spiro atoms. The van der Waals surface area contributed by atoms with Crippen LogP contribution in [-0.4, -0.2) is 16.7 Å². The standard InChI is InChI=1S/C19H16N2O2S2/c1-12-10-11-24-15(12)8-9-16(23)20-19-21-17(18(25-19)13(2)22)14-6-4-3-5-7-14/h3-11H,1-2H3,(H,20,21,23)/b9-8+. The first-order chi connectivity index (χ1) is 12.0. The molecular formula is C19H16N2O2S2. The molecule has 0 unspecified atom stereocenters. The lowest BCUT2D eigenvalue weighted by Crippen LogP contribution is -2.07. The van der Waals surface area contributed by atoms with Crippen LogP contribution < -0.4 is 5.32 Å². The van der Waals surface area contributed by atoms with Crippen molar-refractivity contribution in [3.8, 4) is 11.3 Å². The maximum Gasteiger partial charge on any atom is 0.250 e. The second-order valence-electron chi connectivity index (χ2n) is 5.41. The maximum atomic E-state index is 12.1. The Hall–Kier alpha value is -2.57. The number of benzene rings is 1. The number of amides is 1. The van der Waals surface area contributed by atoms with Crippen molar-refractivity contribution < 1.29 is 9.59 Å². The highest BCUT2D eigenvalue weighted by atomic mass is 32.1. The van der Waals surface area contributed by atoms with Gasteiger partial charge in [-0.25, -0.2) is 4.98 Å². The first-order valence-corrected chi connectivity index (χ1v) is 9.34. The summed E-state index contributed by atoms with van der Waals surface area (Å²) in [5.41, 5.74) is 2.59. The summed E-state index contributed by atoms with van der Waals surface area (Å²) in [6, 6.07) is 11.5. The average Bonchev–Trinajstić information content (AvgIpc) is 3.20. The molecule has 1 amide bonds. The van der Waals surface area contributed by atoms with Gasteiger partial charge in [-0.1, -0.05) is 41.7 Å². The van der Waals surface area contributed by atoms with Gasteiger partial charge in [-0.2, -0.15) is 0 Å². The van der Waals surface area contributed by atoms with Gasteiger partial charge in [-0.05, 0) is 30.0 Å². The molecule has 0 fully saturated rings. The van der Waals surface area contributed by atoms with Crippen LogP contribution in [-0.2, 0) is 4.79 Å². The lowest BCUT2D eigenvalue weighted by Gasteiger charge is -1.98. The van der Waals surface area contributed by atoms with Crippen molar-refractivity contribution in [1.82, 2.24) is 4.98 Å². The maximum absolute atomic E-state index is 12.1. The molecule has 2 aromatic heterocycles. The van der Waals surface area contributed by atoms with Crippen LogP contribution >= 0.6 is 22.7 Å². The summed E-state index contributed by atoms with van der Waals surface area (Å²) < 4.78 is 0. The van der Waals surface area contributed by atoms with E-state index in [0.29, 0.717) is 15.7 Å². The lowest BCUT2D eigenvalue weighted by molar-refractivity contribution is -0.111. The number of carbonyl (C=O) groups is 2. The van der Waals surface area contributed by atoms with E-state index >= 15 is 0 Å². The zero-order valence-electron chi connectivity index (χ0n) is 13.8. The molecule has 4 nitrogen and oxygen atoms in total. The van der Waals surface area contributed by atoms with E-state index < -0.39 is 0 Å². The summed E-state index contributed by atoms with van der Waals surface area (Å²) in [7, 11) is 0. The summed E-state index contributed by atoms with van der Waals surface area (Å²) in [5.74, 6) is -0.335. The molecule has 0 aliphatic heterocycles. The zero-order valence-corrected chi connectivity index (χ0v) is 15.4. The molecule has 0 aliphatic carbocycles. The molecule has 3 aromatic rings. The SMILES string of the molecule is CC(=O)c1sc(NC(=O)/C=C/c2sccc2C)nc1-c1ccccc1. The highest BCUT2D eigenvalue weighted by molar-refractivity contribution is 7.18. The van der Waals surface area contributed by atoms with E-state index in [0.717, 1.165) is 16.0 Å². The van der Waals surface area contributed by atoms with Crippen LogP contribution in [0.4, 0.5) is 5.13 Å². The number of thiazole rings is 1. The summed E-state index contributed by atoms with van der Waals surface area (Å²) in [6.07, 6.45) is 3.27. The number of ketones is 1. The molecule has 0 saturated heterocycles. The molecule has 1 N–H and O–H groups in total. The van der Waals surface area contributed by atoms with Gasteiger partial charge in [0.2, 0.25) is 5.91 Å². The van der Waals surface area contributed by atoms with Gasteiger partial charge >= 0.3 is 0 Å². The van der Waals surface area contributed by atoms with Crippen molar-refractivity contribution in [2.24, 2.45) is 0 Å². The molecule has 0 aliphatic rings. The van der Waals surface area contributed by atoms with Gasteiger partial charge in [0, 0.05) is 23.4 Å². The number of hydrogen-bond donors (Lipinski definition) is 1. The fraction of sp³-hybridized carbons (Fsp3) is 0.105. The van der Waals surface area contributed by atoms with E-state index in [2.05, 4.69) is 10.3 Å². The Labute approximate surface area is 153 Å². The average molecular weight is 368 g/mol. The first-order valence-electron chi connectivity index (χ1n) is 7.65. The monoisotopic (exact) mass is 368 g/mol. The predicted molar refractivity (Wildman–Crippen MR) is 104 cm³/mol. The summed E-state index contributed by atoms with van der Waals surface area (Å²) in [5, 5.41) is 5.15. The number of Topliss-reactive ketones (excluding diaryl/α,β-unsaturated/α-hetero) is 1. The summed E-state index contributed by atoms with van der Waals surface area (Å²) in [4.78, 5) is 30.1. The molecule has 6 heteroatoms. The third-order valence-electron chi connectivity index (χ3n) is 3.51. The number of aromatic nitrogens is 1. The van der Waals surface area contributed by atoms with Crippen molar-refractivity contribution >= 4 is 45.6 Å². The smallest absolute Gasteiger partial charge is 0.250 e. The van der Waals surface area contributed by atoms with E-state index in [-0.39, 0.29) is 11.7 Å². The second kappa shape index (κ2) is 7.55. The third-order valence-corrected chi connectivity index (χ3v) is 5.57. The van der Waals surface area contributed by atoms with Crippen LogP contribution in [0.15, 0.2) is 47.9 Å². The highest BCUT2D eigenvalue weighted by Gasteiger charge is 2.17. The van der Waals surface area contributed by atoms with Gasteiger partial charge in [0.25, 0.3) is 0 Å². The molecular weight excluding hydrogens is 352 g/mol. The Balaban J connectivity index is 1.81. The van der Waals surface area contributed by atoms with Gasteiger partial charge < -0.3 is 0 Å². The number of nitrogens with one attached hydrogen (secondary N) is 1. The minimum absolute atomic E-state index is 0.0680. The molecule has 25 heavy (non-hydrogen) atoms. The van der Waals surface area contributed by atoms with Gasteiger partial charge in [0.05, 0.1) is 10.6 Å². The van der Waals surface area contributed by atoms with Gasteiger partial charge in [0.15, 0.2) is 10.9 Å². The first kappa shape index (κ1) is 17.3. The van der Waals surface area contributed by atoms with Crippen LogP contribution in [0.1, 0.15) is 27.0 Å². The number of anilines is 1. The van der Waals surface area contributed by atoms with Crippen LogP contribution in [0, 0.1) is 6.92 Å². The highest BCUT2D eigenvalue weighted by Crippen LogP contribution is 2.31. The molecule has 0 radical (unpaired) electrons. The molecule has 0 atom stereocenters. The van der Waals surface area contributed by atoms with Crippen LogP contribution in [0.3, 0.4) is 0 Å². The fourth-order valence-electron chi connectivity index (χ4n) is 2.26. The number of aryl methyl sites for hydroxylation is 1. The number of nitrogens with zero attached hydrogens (tertiary/aromatic N) is 1. The lowest BCUT2D eigenvalue weighted by atomic mass is 10.1. The predicted octanol–water partition coefficient (Wildman–Crippen LogP) is 5.03. The van der Waals surface area contributed by atoms with Crippen molar-refractivity contribution in [2.45, 2.75) is 13.8 Å². The third kappa shape index (κ3) is 4.10. The Morgan fingerprint density at radius 3 is 2.56 bits per heavy atom. The summed E-state index contributed by atoms with van der Waals surface area (Å²) in [6.45, 7) is 3.51. The number of rotatable bonds is 5. The van der Waals surface area contributed by atoms with Gasteiger partial charge in [-0.3, -0.25) is 14.9 Å². The molecule has 2 heterocycles. The fourth-order valence-corrected chi connectivity index (χ4v) is 3.96. The van der Waals surface area contributed by atoms with Crippen LogP contribution in [0.25, 0.3) is 17.3 Å². The number of hydrogen-bond acceptors (Lipinski definition) is 5. The minimum Gasteiger partial charge on any atom is -0.298 e. The topological polar surface area (TPSA) is 59.1 Å². The molecule has 1 aromatic carbocycles. The van der Waals surface area contributed by atoms with E-state index in [1.165, 1.54) is 24.3 Å². The van der Waals surface area contributed by atoms with Crippen molar-refractivity contribution in [3.63, 3.8) is 0 Å². The van der Waals surface area contributed by atoms with E-state index in [1.54, 1.807) is 17.4 Å². The Morgan fingerprint density at radius 1 is 1.16 bits per heavy atom. The minimum atomic E-state index is -0.267. The Morgan fingerprint density at radius 2 is 1.92 bits per heavy atom. The molecule has 0 saturated carbocycles. The van der Waals surface area contributed by atoms with E-state index in [9.17, 15) is 9.59 Å². The second-order valence-corrected chi connectivity index (χ2v) is 7.36. The van der Waals surface area contributed by atoms with E-state index in [1.807, 2.05) is 48.7 Å². The zero-order chi connectivity index (χ0) is 17.8. The number of thiophene rings is 1. The largest absolute Gasteiger partial charge is 0.298 e. The number of carbonyl (C=O) groups excluding carboxylic acids is 2. The van der Waals surface area contributed by atoms with Gasteiger partial charge in [0.1, 0.15) is 0 Å². The molecule has 0 bridgehead atoms. The van der Waals surface area contributed by atoms with Crippen molar-refractivity contribution in [1.29, 1.82) is 0 Å². The quantitative estimate of drug-likeness (QED) is 0.507. The van der Waals surface area contributed by atoms with Gasteiger partial charge in [-0.15, -0.1) is 11.3 Å². The van der Waals surface area contributed by atoms with Crippen LogP contribution in [0.5, 0.6) is 0 Å². The normalized spacial score (nSPS) is 11.0. The molecule has 126 valence electrons. The van der Waals surface area contributed by atoms with E-state index in [4.69, 9.17) is 0 Å². The molecule has 3 rings (SSSR count).